The van der Waals surface area contributed by atoms with Crippen molar-refractivity contribution in [2.75, 3.05) is 27.3 Å². The molecule has 1 unspecified atom stereocenters. The largest absolute Gasteiger partial charge is 0.497 e. The zero-order chi connectivity index (χ0) is 21.4. The number of hydrogen-bond acceptors (Lipinski definition) is 6. The van der Waals surface area contributed by atoms with Gasteiger partial charge < -0.3 is 20.1 Å². The summed E-state index contributed by atoms with van der Waals surface area (Å²) in [6.45, 7) is 1.66. The van der Waals surface area contributed by atoms with E-state index in [0.717, 1.165) is 11.3 Å². The number of ether oxygens (including phenoxy) is 2. The van der Waals surface area contributed by atoms with Gasteiger partial charge in [-0.1, -0.05) is 18.6 Å². The van der Waals surface area contributed by atoms with Gasteiger partial charge in [-0.05, 0) is 37.5 Å². The summed E-state index contributed by atoms with van der Waals surface area (Å²) >= 11 is 0. The minimum absolute atomic E-state index is 0.257. The van der Waals surface area contributed by atoms with Crippen LogP contribution in [0.3, 0.4) is 0 Å². The Hall–Kier alpha value is -3.10. The summed E-state index contributed by atoms with van der Waals surface area (Å²) in [5.41, 5.74) is -0.637. The Morgan fingerprint density at radius 2 is 1.79 bits per heavy atom. The SMILES string of the molecule is COC(=O)CCCCCNC(=O)CN1C(=O)NC(C)(c2ccc(OC)cc2)C1=O. The van der Waals surface area contributed by atoms with Crippen molar-refractivity contribution in [2.45, 2.75) is 38.1 Å². The highest BCUT2D eigenvalue weighted by molar-refractivity contribution is 6.09. The van der Waals surface area contributed by atoms with Crippen molar-refractivity contribution in [2.24, 2.45) is 0 Å². The van der Waals surface area contributed by atoms with Crippen LogP contribution >= 0.6 is 0 Å². The molecule has 9 heteroatoms. The Morgan fingerprint density at radius 1 is 1.10 bits per heavy atom. The molecule has 1 aliphatic rings. The fourth-order valence-electron chi connectivity index (χ4n) is 3.06. The number of nitrogens with zero attached hydrogens (tertiary/aromatic N) is 1. The predicted octanol–water partition coefficient (Wildman–Crippen LogP) is 1.31. The van der Waals surface area contributed by atoms with Gasteiger partial charge in [0.25, 0.3) is 5.91 Å². The van der Waals surface area contributed by atoms with Crippen LogP contribution in [-0.4, -0.2) is 56.0 Å². The van der Waals surface area contributed by atoms with Crippen molar-refractivity contribution >= 4 is 23.8 Å². The summed E-state index contributed by atoms with van der Waals surface area (Å²) in [5.74, 6) is -0.522. The normalized spacial score (nSPS) is 18.4. The third-order valence-electron chi connectivity index (χ3n) is 4.85. The van der Waals surface area contributed by atoms with Gasteiger partial charge in [0.1, 0.15) is 17.8 Å². The number of benzene rings is 1. The van der Waals surface area contributed by atoms with Crippen LogP contribution in [0.5, 0.6) is 5.75 Å². The molecule has 0 bridgehead atoms. The van der Waals surface area contributed by atoms with Crippen molar-refractivity contribution in [3.8, 4) is 5.75 Å². The maximum Gasteiger partial charge on any atom is 0.325 e. The molecule has 1 atom stereocenters. The second-order valence-corrected chi connectivity index (χ2v) is 6.91. The molecule has 1 aliphatic heterocycles. The fourth-order valence-corrected chi connectivity index (χ4v) is 3.06. The third-order valence-corrected chi connectivity index (χ3v) is 4.85. The number of hydrogen-bond donors (Lipinski definition) is 2. The number of amides is 4. The first-order valence-electron chi connectivity index (χ1n) is 9.44. The van der Waals surface area contributed by atoms with Gasteiger partial charge >= 0.3 is 12.0 Å². The number of unbranched alkanes of at least 4 members (excludes halogenated alkanes) is 2. The van der Waals surface area contributed by atoms with E-state index in [9.17, 15) is 19.2 Å². The highest BCUT2D eigenvalue weighted by Crippen LogP contribution is 2.29. The van der Waals surface area contributed by atoms with E-state index in [2.05, 4.69) is 15.4 Å². The first kappa shape index (κ1) is 22.2. The van der Waals surface area contributed by atoms with E-state index in [0.29, 0.717) is 37.1 Å². The van der Waals surface area contributed by atoms with Crippen LogP contribution in [0.4, 0.5) is 4.79 Å². The lowest BCUT2D eigenvalue weighted by atomic mass is 9.92. The number of nitrogens with one attached hydrogen (secondary N) is 2. The lowest BCUT2D eigenvalue weighted by Crippen LogP contribution is -2.43. The van der Waals surface area contributed by atoms with E-state index in [1.54, 1.807) is 38.3 Å². The highest BCUT2D eigenvalue weighted by Gasteiger charge is 2.49. The average Bonchev–Trinajstić information content (AvgIpc) is 2.94. The number of imide groups is 1. The smallest absolute Gasteiger partial charge is 0.325 e. The van der Waals surface area contributed by atoms with Crippen molar-refractivity contribution in [3.05, 3.63) is 29.8 Å². The Bertz CT molecular complexity index is 764. The van der Waals surface area contributed by atoms with Crippen LogP contribution in [0.1, 0.15) is 38.2 Å². The van der Waals surface area contributed by atoms with Crippen LogP contribution in [0, 0.1) is 0 Å². The van der Waals surface area contributed by atoms with Gasteiger partial charge in [-0.25, -0.2) is 4.79 Å². The molecule has 2 N–H and O–H groups in total. The molecule has 1 saturated heterocycles. The minimum Gasteiger partial charge on any atom is -0.497 e. The van der Waals surface area contributed by atoms with Gasteiger partial charge in [-0.2, -0.15) is 0 Å². The molecule has 1 fully saturated rings. The lowest BCUT2D eigenvalue weighted by molar-refractivity contribution is -0.140. The molecular formula is C20H27N3O6. The van der Waals surface area contributed by atoms with Crippen LogP contribution < -0.4 is 15.4 Å². The van der Waals surface area contributed by atoms with Gasteiger partial charge in [-0.15, -0.1) is 0 Å². The van der Waals surface area contributed by atoms with Gasteiger partial charge in [0.15, 0.2) is 0 Å². The monoisotopic (exact) mass is 405 g/mol. The Kier molecular flexibility index (Phi) is 7.58. The fraction of sp³-hybridized carbons (Fsp3) is 0.500. The number of esters is 1. The van der Waals surface area contributed by atoms with Crippen molar-refractivity contribution in [3.63, 3.8) is 0 Å². The Balaban J connectivity index is 1.84. The molecule has 1 aromatic rings. The van der Waals surface area contributed by atoms with Gasteiger partial charge in [0, 0.05) is 13.0 Å². The summed E-state index contributed by atoms with van der Waals surface area (Å²) in [7, 11) is 2.89. The number of carbonyl (C=O) groups excluding carboxylic acids is 4. The molecule has 0 saturated carbocycles. The van der Waals surface area contributed by atoms with Crippen molar-refractivity contribution < 1.29 is 28.7 Å². The van der Waals surface area contributed by atoms with Crippen molar-refractivity contribution in [1.29, 1.82) is 0 Å². The van der Waals surface area contributed by atoms with Crippen LogP contribution in [-0.2, 0) is 24.7 Å². The van der Waals surface area contributed by atoms with E-state index >= 15 is 0 Å². The third kappa shape index (κ3) is 5.46. The summed E-state index contributed by atoms with van der Waals surface area (Å²) in [6, 6.07) is 6.20. The summed E-state index contributed by atoms with van der Waals surface area (Å²) < 4.78 is 9.67. The lowest BCUT2D eigenvalue weighted by Gasteiger charge is -2.22. The Morgan fingerprint density at radius 3 is 2.41 bits per heavy atom. The molecule has 158 valence electrons. The summed E-state index contributed by atoms with van der Waals surface area (Å²) in [5, 5.41) is 5.35. The number of methoxy groups -OCH3 is 2. The molecular weight excluding hydrogens is 378 g/mol. The molecule has 0 aliphatic carbocycles. The zero-order valence-corrected chi connectivity index (χ0v) is 16.9. The molecule has 29 heavy (non-hydrogen) atoms. The molecule has 9 nitrogen and oxygen atoms in total. The minimum atomic E-state index is -1.24. The molecule has 0 radical (unpaired) electrons. The molecule has 1 heterocycles. The molecule has 0 spiro atoms. The molecule has 4 amide bonds. The Labute approximate surface area is 169 Å². The second kappa shape index (κ2) is 9.90. The quantitative estimate of drug-likeness (QED) is 0.345. The van der Waals surface area contributed by atoms with Gasteiger partial charge in [-0.3, -0.25) is 19.3 Å². The summed E-state index contributed by atoms with van der Waals surface area (Å²) in [6.07, 6.45) is 2.47. The number of carbonyl (C=O) groups is 4. The van der Waals surface area contributed by atoms with E-state index < -0.39 is 23.4 Å². The number of rotatable bonds is 10. The van der Waals surface area contributed by atoms with Gasteiger partial charge in [0.05, 0.1) is 14.2 Å². The van der Waals surface area contributed by atoms with Crippen LogP contribution in [0.25, 0.3) is 0 Å². The van der Waals surface area contributed by atoms with Crippen molar-refractivity contribution in [1.82, 2.24) is 15.5 Å². The molecule has 0 aromatic heterocycles. The molecule has 2 rings (SSSR count). The van der Waals surface area contributed by atoms with E-state index in [-0.39, 0.29) is 12.5 Å². The maximum atomic E-state index is 12.8. The predicted molar refractivity (Wildman–Crippen MR) is 104 cm³/mol. The van der Waals surface area contributed by atoms with Crippen LogP contribution in [0.15, 0.2) is 24.3 Å². The highest BCUT2D eigenvalue weighted by atomic mass is 16.5. The van der Waals surface area contributed by atoms with Gasteiger partial charge in [0.2, 0.25) is 5.91 Å². The summed E-state index contributed by atoms with van der Waals surface area (Å²) in [4.78, 5) is 49.2. The van der Waals surface area contributed by atoms with Crippen LogP contribution in [0.2, 0.25) is 0 Å². The first-order valence-corrected chi connectivity index (χ1v) is 9.44. The topological polar surface area (TPSA) is 114 Å². The zero-order valence-electron chi connectivity index (χ0n) is 16.9. The standard InChI is InChI=1S/C20H27N3O6/c1-20(14-8-10-15(28-2)11-9-14)18(26)23(19(27)22-20)13-16(24)21-12-6-4-5-7-17(25)29-3/h8-11H,4-7,12-13H2,1-3H3,(H,21,24)(H,22,27). The van der Waals surface area contributed by atoms with E-state index in [1.165, 1.54) is 7.11 Å². The van der Waals surface area contributed by atoms with E-state index in [1.807, 2.05) is 0 Å². The second-order valence-electron chi connectivity index (χ2n) is 6.91. The number of urea groups is 1. The average molecular weight is 405 g/mol. The molecule has 1 aromatic carbocycles. The van der Waals surface area contributed by atoms with E-state index in [4.69, 9.17) is 4.74 Å². The maximum absolute atomic E-state index is 12.8. The first-order chi connectivity index (χ1) is 13.8.